The normalized spacial score (nSPS) is 14.2. The molecule has 0 aromatic carbocycles. The lowest BCUT2D eigenvalue weighted by molar-refractivity contribution is -0.143. The van der Waals surface area contributed by atoms with Gasteiger partial charge in [0.05, 0.1) is 25.6 Å². The van der Waals surface area contributed by atoms with Crippen LogP contribution in [-0.4, -0.2) is 138 Å². The van der Waals surface area contributed by atoms with Gasteiger partial charge in [0.2, 0.25) is 65.0 Å². The molecule has 0 saturated carbocycles. The molecule has 380 valence electrons. The Hall–Kier alpha value is -6.44. The van der Waals surface area contributed by atoms with Crippen LogP contribution in [0.3, 0.4) is 0 Å². The van der Waals surface area contributed by atoms with Crippen molar-refractivity contribution in [3.63, 3.8) is 0 Å². The van der Waals surface area contributed by atoms with Crippen LogP contribution in [0, 0.1) is 17.8 Å². The van der Waals surface area contributed by atoms with E-state index in [9.17, 15) is 62.6 Å². The van der Waals surface area contributed by atoms with Crippen molar-refractivity contribution in [1.82, 2.24) is 42.5 Å². The summed E-state index contributed by atoms with van der Waals surface area (Å²) in [5.74, 6) is -11.8. The summed E-state index contributed by atoms with van der Waals surface area (Å²) in [4.78, 5) is 152. The van der Waals surface area contributed by atoms with Crippen molar-refractivity contribution in [1.29, 1.82) is 0 Å². The predicted octanol–water partition coefficient (Wildman–Crippen LogP) is -5.18. The number of carbonyl (C=O) groups is 12. The molecular formula is C41H73N13O13. The molecule has 0 unspecified atom stereocenters. The second kappa shape index (κ2) is 31.5. The third kappa shape index (κ3) is 26.3. The standard InChI is InChI=1S/C41H73N13O13/c1-20(2)15-26(52-35(60)23(43)10-12-29(44)55)37(62)48-18-32(58)49-25(11-13-30(45)56)36(61)47-19-33(59)50-28(17-31(46)57)40(65)53-27(16-21(3)4)39(64)51-24(9-7-8-14-42)38(63)54-34(22(5)6)41(66)67/h20-28,34H,7-19,42-43H2,1-6H3,(H2,44,55)(H2,45,56)(H2,46,57)(H,47,61)(H,48,62)(H,49,58)(H,50,59)(H,51,64)(H,52,60)(H,53,65)(H,54,63)(H,66,67)/t23-,24-,25-,26-,27-,28-,34-/m0/s1. The molecule has 0 aliphatic rings. The highest BCUT2D eigenvalue weighted by Crippen LogP contribution is 2.11. The smallest absolute Gasteiger partial charge is 0.326 e. The molecule has 11 amide bonds. The Morgan fingerprint density at radius 1 is 0.478 bits per heavy atom. The predicted molar refractivity (Wildman–Crippen MR) is 241 cm³/mol. The first kappa shape index (κ1) is 60.6. The number of hydrogen-bond acceptors (Lipinski definition) is 14. The second-order valence-electron chi connectivity index (χ2n) is 17.3. The molecule has 26 nitrogen and oxygen atoms in total. The number of unbranched alkanes of at least 4 members (excludes halogenated alkanes) is 1. The molecule has 0 fully saturated rings. The first-order valence-corrected chi connectivity index (χ1v) is 22.1. The molecule has 0 rings (SSSR count). The number of nitrogens with one attached hydrogen (secondary N) is 8. The van der Waals surface area contributed by atoms with Gasteiger partial charge in [-0.3, -0.25) is 52.7 Å². The molecule has 0 radical (unpaired) electrons. The van der Waals surface area contributed by atoms with Crippen molar-refractivity contribution in [3.05, 3.63) is 0 Å². The Kier molecular flexibility index (Phi) is 28.4. The fraction of sp³-hybridized carbons (Fsp3) is 0.707. The first-order chi connectivity index (χ1) is 31.2. The van der Waals surface area contributed by atoms with Gasteiger partial charge >= 0.3 is 5.97 Å². The molecule has 0 heterocycles. The summed E-state index contributed by atoms with van der Waals surface area (Å²) in [6.45, 7) is 8.93. The number of primary amides is 3. The molecule has 0 saturated heterocycles. The topological polar surface area (TPSA) is 451 Å². The van der Waals surface area contributed by atoms with Gasteiger partial charge in [0, 0.05) is 12.8 Å². The minimum Gasteiger partial charge on any atom is -0.480 e. The maximum absolute atomic E-state index is 13.7. The van der Waals surface area contributed by atoms with E-state index in [0.717, 1.165) is 0 Å². The number of rotatable bonds is 34. The van der Waals surface area contributed by atoms with Gasteiger partial charge in [0.25, 0.3) is 0 Å². The van der Waals surface area contributed by atoms with Gasteiger partial charge in [-0.1, -0.05) is 41.5 Å². The van der Waals surface area contributed by atoms with E-state index < -0.39 is 145 Å². The summed E-state index contributed by atoms with van der Waals surface area (Å²) in [7, 11) is 0. The van der Waals surface area contributed by atoms with Crippen LogP contribution in [0.25, 0.3) is 0 Å². The van der Waals surface area contributed by atoms with Crippen molar-refractivity contribution >= 4 is 70.9 Å². The van der Waals surface area contributed by atoms with Crippen molar-refractivity contribution in [2.24, 2.45) is 46.4 Å². The summed E-state index contributed by atoms with van der Waals surface area (Å²) in [6.07, 6.45) is -0.653. The van der Waals surface area contributed by atoms with E-state index in [-0.39, 0.29) is 56.9 Å². The number of carbonyl (C=O) groups excluding carboxylic acids is 11. The van der Waals surface area contributed by atoms with Crippen molar-refractivity contribution < 1.29 is 62.6 Å². The lowest BCUT2D eigenvalue weighted by atomic mass is 10.00. The molecule has 7 atom stereocenters. The zero-order valence-electron chi connectivity index (χ0n) is 39.2. The van der Waals surface area contributed by atoms with Crippen LogP contribution < -0.4 is 71.2 Å². The van der Waals surface area contributed by atoms with Crippen LogP contribution >= 0.6 is 0 Å². The fourth-order valence-electron chi connectivity index (χ4n) is 6.22. The molecule has 0 aliphatic carbocycles. The largest absolute Gasteiger partial charge is 0.480 e. The molecule has 19 N–H and O–H groups in total. The van der Waals surface area contributed by atoms with Gasteiger partial charge in [-0.15, -0.1) is 0 Å². The van der Waals surface area contributed by atoms with Gasteiger partial charge in [-0.25, -0.2) is 4.79 Å². The average molecular weight is 956 g/mol. The van der Waals surface area contributed by atoms with E-state index in [1.54, 1.807) is 41.5 Å². The average Bonchev–Trinajstić information content (AvgIpc) is 3.22. The van der Waals surface area contributed by atoms with Crippen molar-refractivity contribution in [2.75, 3.05) is 19.6 Å². The fourth-order valence-corrected chi connectivity index (χ4v) is 6.22. The molecule has 0 aliphatic heterocycles. The molecule has 0 spiro atoms. The van der Waals surface area contributed by atoms with Gasteiger partial charge < -0.3 is 76.3 Å². The van der Waals surface area contributed by atoms with E-state index >= 15 is 0 Å². The highest BCUT2D eigenvalue weighted by molar-refractivity contribution is 5.98. The Bertz CT molecular complexity index is 1740. The Labute approximate surface area is 389 Å². The molecule has 0 bridgehead atoms. The number of carboxylic acid groups (broad SMARTS) is 1. The lowest BCUT2D eigenvalue weighted by Crippen LogP contribution is -2.59. The molecule has 0 aromatic rings. The Morgan fingerprint density at radius 3 is 1.36 bits per heavy atom. The summed E-state index contributed by atoms with van der Waals surface area (Å²) < 4.78 is 0. The number of aliphatic carboxylic acids is 1. The number of hydrogen-bond donors (Lipinski definition) is 14. The summed E-state index contributed by atoms with van der Waals surface area (Å²) in [5.41, 5.74) is 27.1. The SMILES string of the molecule is CC(C)C[C@H](NC(=O)[C@H](CC(N)=O)NC(=O)CNC(=O)[C@H](CCC(N)=O)NC(=O)CNC(=O)[C@H](CC(C)C)NC(=O)[C@@H](N)CCC(N)=O)C(=O)N[C@@H](CCCCN)C(=O)N[C@H](C(=O)O)C(C)C. The quantitative estimate of drug-likeness (QED) is 0.0268. The van der Waals surface area contributed by atoms with Crippen LogP contribution in [0.15, 0.2) is 0 Å². The van der Waals surface area contributed by atoms with E-state index in [2.05, 4.69) is 42.5 Å². The molecular weight excluding hydrogens is 883 g/mol. The van der Waals surface area contributed by atoms with Crippen molar-refractivity contribution in [3.8, 4) is 0 Å². The number of nitrogens with two attached hydrogens (primary N) is 5. The zero-order valence-corrected chi connectivity index (χ0v) is 39.2. The Morgan fingerprint density at radius 2 is 0.896 bits per heavy atom. The third-order valence-corrected chi connectivity index (χ3v) is 9.76. The van der Waals surface area contributed by atoms with Gasteiger partial charge in [0.1, 0.15) is 36.3 Å². The number of amides is 11. The maximum Gasteiger partial charge on any atom is 0.326 e. The van der Waals surface area contributed by atoms with Crippen LogP contribution in [0.2, 0.25) is 0 Å². The first-order valence-electron chi connectivity index (χ1n) is 22.1. The molecule has 26 heteroatoms. The minimum absolute atomic E-state index is 0.0112. The van der Waals surface area contributed by atoms with Crippen LogP contribution in [-0.2, 0) is 57.5 Å². The van der Waals surface area contributed by atoms with Gasteiger partial charge in [-0.05, 0) is 69.2 Å². The third-order valence-electron chi connectivity index (χ3n) is 9.76. The van der Waals surface area contributed by atoms with Gasteiger partial charge in [0.15, 0.2) is 0 Å². The highest BCUT2D eigenvalue weighted by Gasteiger charge is 2.33. The van der Waals surface area contributed by atoms with E-state index in [4.69, 9.17) is 28.7 Å². The molecule has 67 heavy (non-hydrogen) atoms. The Balaban J connectivity index is 5.95. The van der Waals surface area contributed by atoms with Crippen molar-refractivity contribution in [2.45, 2.75) is 148 Å². The van der Waals surface area contributed by atoms with Crippen LogP contribution in [0.4, 0.5) is 0 Å². The maximum atomic E-state index is 13.7. The van der Waals surface area contributed by atoms with E-state index in [1.807, 2.05) is 0 Å². The summed E-state index contributed by atoms with van der Waals surface area (Å²) in [6, 6.07) is -9.28. The minimum atomic E-state index is -1.68. The zero-order chi connectivity index (χ0) is 51.6. The number of carboxylic acids is 1. The van der Waals surface area contributed by atoms with Crippen LogP contribution in [0.1, 0.15) is 106 Å². The second-order valence-corrected chi connectivity index (χ2v) is 17.3. The van der Waals surface area contributed by atoms with E-state index in [1.165, 1.54) is 0 Å². The lowest BCUT2D eigenvalue weighted by Gasteiger charge is -2.27. The monoisotopic (exact) mass is 956 g/mol. The van der Waals surface area contributed by atoms with E-state index in [0.29, 0.717) is 12.8 Å². The summed E-state index contributed by atoms with van der Waals surface area (Å²) in [5, 5.41) is 28.7. The van der Waals surface area contributed by atoms with Gasteiger partial charge in [-0.2, -0.15) is 0 Å². The molecule has 0 aromatic heterocycles. The van der Waals surface area contributed by atoms with Crippen LogP contribution in [0.5, 0.6) is 0 Å². The summed E-state index contributed by atoms with van der Waals surface area (Å²) >= 11 is 0. The highest BCUT2D eigenvalue weighted by atomic mass is 16.4.